The van der Waals surface area contributed by atoms with Crippen molar-refractivity contribution < 1.29 is 13.5 Å². The Bertz CT molecular complexity index is 318. The Hall–Kier alpha value is -0.480. The second kappa shape index (κ2) is 7.74. The predicted octanol–water partition coefficient (Wildman–Crippen LogP) is 4.05. The van der Waals surface area contributed by atoms with E-state index in [0.717, 1.165) is 30.7 Å². The van der Waals surface area contributed by atoms with Crippen LogP contribution in [-0.4, -0.2) is 11.9 Å². The van der Waals surface area contributed by atoms with Gasteiger partial charge in [-0.25, -0.2) is 8.78 Å². The van der Waals surface area contributed by atoms with Crippen LogP contribution in [0.2, 0.25) is 0 Å². The first-order chi connectivity index (χ1) is 7.74. The lowest BCUT2D eigenvalue weighted by Gasteiger charge is -2.04. The first-order valence-corrected chi connectivity index (χ1v) is 6.44. The van der Waals surface area contributed by atoms with Crippen LogP contribution >= 0.6 is 15.9 Å². The summed E-state index contributed by atoms with van der Waals surface area (Å²) < 4.78 is 30.8. The Balaban J connectivity index is 2.19. The lowest BCUT2D eigenvalue weighted by atomic mass is 10.2. The third-order valence-electron chi connectivity index (χ3n) is 2.18. The van der Waals surface area contributed by atoms with E-state index in [1.165, 1.54) is 12.1 Å². The van der Waals surface area contributed by atoms with Crippen LogP contribution in [0.15, 0.2) is 18.2 Å². The molecular formula is C12H15BrF2O. The molecule has 0 radical (unpaired) electrons. The van der Waals surface area contributed by atoms with Gasteiger partial charge in [0.25, 0.3) is 0 Å². The fourth-order valence-corrected chi connectivity index (χ4v) is 1.69. The first kappa shape index (κ1) is 13.6. The zero-order valence-electron chi connectivity index (χ0n) is 9.02. The van der Waals surface area contributed by atoms with Gasteiger partial charge >= 0.3 is 0 Å². The third-order valence-corrected chi connectivity index (χ3v) is 2.74. The molecule has 4 heteroatoms. The van der Waals surface area contributed by atoms with Crippen LogP contribution in [0.1, 0.15) is 24.8 Å². The zero-order valence-corrected chi connectivity index (χ0v) is 10.6. The molecule has 90 valence electrons. The second-order valence-electron chi connectivity index (χ2n) is 3.55. The van der Waals surface area contributed by atoms with Gasteiger partial charge in [0.05, 0.1) is 6.61 Å². The Labute approximate surface area is 103 Å². The van der Waals surface area contributed by atoms with Gasteiger partial charge in [0.2, 0.25) is 0 Å². The lowest BCUT2D eigenvalue weighted by Crippen LogP contribution is -1.97. The smallest absolute Gasteiger partial charge is 0.159 e. The van der Waals surface area contributed by atoms with E-state index >= 15 is 0 Å². The Morgan fingerprint density at radius 3 is 2.56 bits per heavy atom. The van der Waals surface area contributed by atoms with Crippen LogP contribution < -0.4 is 0 Å². The molecule has 0 unspecified atom stereocenters. The molecule has 0 heterocycles. The monoisotopic (exact) mass is 292 g/mol. The summed E-state index contributed by atoms with van der Waals surface area (Å²) in [6.45, 7) is 0.998. The van der Waals surface area contributed by atoms with Crippen molar-refractivity contribution in [2.75, 3.05) is 11.9 Å². The third kappa shape index (κ3) is 5.03. The summed E-state index contributed by atoms with van der Waals surface area (Å²) >= 11 is 3.35. The van der Waals surface area contributed by atoms with E-state index < -0.39 is 11.6 Å². The molecule has 0 saturated carbocycles. The molecular weight excluding hydrogens is 278 g/mol. The molecule has 1 aromatic carbocycles. The van der Waals surface area contributed by atoms with Crippen molar-refractivity contribution in [3.05, 3.63) is 35.4 Å². The maximum absolute atomic E-state index is 12.8. The van der Waals surface area contributed by atoms with E-state index in [2.05, 4.69) is 15.9 Å². The van der Waals surface area contributed by atoms with Gasteiger partial charge in [0, 0.05) is 11.9 Å². The molecule has 0 bridgehead atoms. The van der Waals surface area contributed by atoms with Gasteiger partial charge in [-0.1, -0.05) is 28.4 Å². The van der Waals surface area contributed by atoms with Gasteiger partial charge in [-0.15, -0.1) is 0 Å². The minimum absolute atomic E-state index is 0.339. The molecule has 0 atom stereocenters. The van der Waals surface area contributed by atoms with E-state index in [4.69, 9.17) is 4.74 Å². The Kier molecular flexibility index (Phi) is 6.57. The highest BCUT2D eigenvalue weighted by atomic mass is 79.9. The highest BCUT2D eigenvalue weighted by Crippen LogP contribution is 2.10. The van der Waals surface area contributed by atoms with Crippen LogP contribution in [0.4, 0.5) is 8.78 Å². The molecule has 1 nitrogen and oxygen atoms in total. The van der Waals surface area contributed by atoms with Crippen LogP contribution in [0.25, 0.3) is 0 Å². The molecule has 0 aliphatic rings. The molecule has 1 aromatic rings. The average molecular weight is 293 g/mol. The highest BCUT2D eigenvalue weighted by Gasteiger charge is 2.02. The van der Waals surface area contributed by atoms with Crippen molar-refractivity contribution in [2.45, 2.75) is 25.9 Å². The standard InChI is InChI=1S/C12H15BrF2O/c13-6-2-1-3-7-16-9-10-4-5-11(14)12(15)8-10/h4-5,8H,1-3,6-7,9H2. The Morgan fingerprint density at radius 1 is 1.06 bits per heavy atom. The number of alkyl halides is 1. The van der Waals surface area contributed by atoms with Crippen LogP contribution in [0.5, 0.6) is 0 Å². The normalized spacial score (nSPS) is 10.7. The lowest BCUT2D eigenvalue weighted by molar-refractivity contribution is 0.117. The number of hydrogen-bond donors (Lipinski definition) is 0. The molecule has 0 saturated heterocycles. The average Bonchev–Trinajstić information content (AvgIpc) is 2.28. The number of unbranched alkanes of at least 4 members (excludes halogenated alkanes) is 2. The van der Waals surface area contributed by atoms with Gasteiger partial charge in [-0.3, -0.25) is 0 Å². The molecule has 0 amide bonds. The van der Waals surface area contributed by atoms with Crippen LogP contribution in [0.3, 0.4) is 0 Å². The van der Waals surface area contributed by atoms with Gasteiger partial charge < -0.3 is 4.74 Å². The molecule has 0 N–H and O–H groups in total. The molecule has 0 aromatic heterocycles. The van der Waals surface area contributed by atoms with E-state index in [0.29, 0.717) is 18.8 Å². The summed E-state index contributed by atoms with van der Waals surface area (Å²) in [7, 11) is 0. The minimum Gasteiger partial charge on any atom is -0.377 e. The number of benzene rings is 1. The molecule has 0 fully saturated rings. The SMILES string of the molecule is Fc1ccc(COCCCCCBr)cc1F. The first-order valence-electron chi connectivity index (χ1n) is 5.31. The van der Waals surface area contributed by atoms with Gasteiger partial charge in [0.1, 0.15) is 0 Å². The number of halogens is 3. The van der Waals surface area contributed by atoms with Gasteiger partial charge in [-0.2, -0.15) is 0 Å². The number of rotatable bonds is 7. The fraction of sp³-hybridized carbons (Fsp3) is 0.500. The van der Waals surface area contributed by atoms with Crippen molar-refractivity contribution in [1.29, 1.82) is 0 Å². The number of hydrogen-bond acceptors (Lipinski definition) is 1. The molecule has 1 rings (SSSR count). The second-order valence-corrected chi connectivity index (χ2v) is 4.34. The van der Waals surface area contributed by atoms with E-state index in [1.807, 2.05) is 0 Å². The van der Waals surface area contributed by atoms with Crippen molar-refractivity contribution in [3.8, 4) is 0 Å². The summed E-state index contributed by atoms with van der Waals surface area (Å²) in [5.74, 6) is -1.64. The summed E-state index contributed by atoms with van der Waals surface area (Å²) in [4.78, 5) is 0. The predicted molar refractivity (Wildman–Crippen MR) is 63.7 cm³/mol. The van der Waals surface area contributed by atoms with Crippen LogP contribution in [0, 0.1) is 11.6 Å². The van der Waals surface area contributed by atoms with Crippen molar-refractivity contribution >= 4 is 15.9 Å². The van der Waals surface area contributed by atoms with Crippen molar-refractivity contribution in [3.63, 3.8) is 0 Å². The summed E-state index contributed by atoms with van der Waals surface area (Å²) in [5, 5.41) is 1.01. The van der Waals surface area contributed by atoms with Gasteiger partial charge in [0.15, 0.2) is 11.6 Å². The summed E-state index contributed by atoms with van der Waals surface area (Å²) in [6.07, 6.45) is 3.24. The zero-order chi connectivity index (χ0) is 11.8. The topological polar surface area (TPSA) is 9.23 Å². The highest BCUT2D eigenvalue weighted by molar-refractivity contribution is 9.09. The minimum atomic E-state index is -0.819. The van der Waals surface area contributed by atoms with Crippen molar-refractivity contribution in [2.24, 2.45) is 0 Å². The summed E-state index contributed by atoms with van der Waals surface area (Å²) in [5.41, 5.74) is 0.666. The fourth-order valence-electron chi connectivity index (χ4n) is 1.29. The van der Waals surface area contributed by atoms with Gasteiger partial charge in [-0.05, 0) is 30.5 Å². The van der Waals surface area contributed by atoms with E-state index in [-0.39, 0.29) is 0 Å². The molecule has 16 heavy (non-hydrogen) atoms. The maximum atomic E-state index is 12.8. The maximum Gasteiger partial charge on any atom is 0.159 e. The number of ether oxygens (including phenoxy) is 1. The van der Waals surface area contributed by atoms with Crippen LogP contribution in [-0.2, 0) is 11.3 Å². The van der Waals surface area contributed by atoms with Crippen molar-refractivity contribution in [1.82, 2.24) is 0 Å². The Morgan fingerprint density at radius 2 is 1.88 bits per heavy atom. The van der Waals surface area contributed by atoms with E-state index in [9.17, 15) is 8.78 Å². The molecule has 0 aliphatic carbocycles. The molecule has 0 spiro atoms. The largest absolute Gasteiger partial charge is 0.377 e. The summed E-state index contributed by atoms with van der Waals surface area (Å²) in [6, 6.07) is 3.84. The molecule has 0 aliphatic heterocycles. The van der Waals surface area contributed by atoms with E-state index in [1.54, 1.807) is 0 Å². The quantitative estimate of drug-likeness (QED) is 0.544.